The summed E-state index contributed by atoms with van der Waals surface area (Å²) in [7, 11) is -0.344. The molecule has 172 valence electrons. The van der Waals surface area contributed by atoms with Gasteiger partial charge in [0.2, 0.25) is 10.0 Å². The molecule has 1 aliphatic rings. The summed E-state index contributed by atoms with van der Waals surface area (Å²) in [4.78, 5) is 13.3. The first-order valence-electron chi connectivity index (χ1n) is 10.0. The zero-order valence-electron chi connectivity index (χ0n) is 18.3. The average molecular weight is 470 g/mol. The van der Waals surface area contributed by atoms with E-state index in [1.54, 1.807) is 62.8 Å². The van der Waals surface area contributed by atoms with E-state index in [-0.39, 0.29) is 5.76 Å². The van der Waals surface area contributed by atoms with Gasteiger partial charge in [-0.2, -0.15) is 5.10 Å². The highest BCUT2D eigenvalue weighted by Gasteiger charge is 2.38. The van der Waals surface area contributed by atoms with Gasteiger partial charge in [0.15, 0.2) is 5.76 Å². The lowest BCUT2D eigenvalue weighted by Crippen LogP contribution is -2.27. The van der Waals surface area contributed by atoms with E-state index in [9.17, 15) is 13.2 Å². The van der Waals surface area contributed by atoms with Crippen molar-refractivity contribution < 1.29 is 27.1 Å². The number of carbonyl (C=O) groups excluding carboxylic acids is 1. The maximum absolute atomic E-state index is 13.3. The van der Waals surface area contributed by atoms with Crippen molar-refractivity contribution in [2.24, 2.45) is 5.10 Å². The molecule has 0 unspecified atom stereocenters. The Labute approximate surface area is 191 Å². The van der Waals surface area contributed by atoms with E-state index in [2.05, 4.69) is 9.82 Å². The molecule has 1 N–H and O–H groups in total. The Bertz CT molecular complexity index is 1280. The number of amides is 1. The second-order valence-electron chi connectivity index (χ2n) is 7.42. The molecule has 0 bridgehead atoms. The van der Waals surface area contributed by atoms with Crippen LogP contribution in [-0.2, 0) is 10.0 Å². The number of hydrogen-bond acceptors (Lipinski definition) is 7. The summed E-state index contributed by atoms with van der Waals surface area (Å²) in [5.74, 6) is 0.839. The van der Waals surface area contributed by atoms with Gasteiger partial charge in [0.05, 0.1) is 44.1 Å². The Balaban J connectivity index is 1.79. The van der Waals surface area contributed by atoms with Gasteiger partial charge in [-0.05, 0) is 42.0 Å². The number of sulfonamides is 1. The second-order valence-corrected chi connectivity index (χ2v) is 9.17. The monoisotopic (exact) mass is 469 g/mol. The normalized spacial score (nSPS) is 15.8. The quantitative estimate of drug-likeness (QED) is 0.565. The summed E-state index contributed by atoms with van der Waals surface area (Å²) in [6.07, 6.45) is 2.86. The minimum atomic E-state index is -3.44. The lowest BCUT2D eigenvalue weighted by molar-refractivity contribution is 0.0675. The first-order chi connectivity index (χ1) is 15.8. The fraction of sp³-hybridized carbons (Fsp3) is 0.217. The van der Waals surface area contributed by atoms with Crippen LogP contribution in [-0.4, -0.2) is 45.5 Å². The highest BCUT2D eigenvalue weighted by molar-refractivity contribution is 7.92. The number of furan rings is 1. The number of anilines is 1. The molecule has 9 nitrogen and oxygen atoms in total. The molecule has 1 atom stereocenters. The Morgan fingerprint density at radius 2 is 1.79 bits per heavy atom. The second kappa shape index (κ2) is 8.99. The molecule has 1 aliphatic heterocycles. The smallest absolute Gasteiger partial charge is 0.310 e. The molecule has 0 radical (unpaired) electrons. The van der Waals surface area contributed by atoms with Crippen LogP contribution >= 0.6 is 0 Å². The number of methoxy groups -OCH3 is 2. The van der Waals surface area contributed by atoms with Gasteiger partial charge in [-0.3, -0.25) is 9.52 Å². The van der Waals surface area contributed by atoms with E-state index in [0.717, 1.165) is 6.26 Å². The fourth-order valence-electron chi connectivity index (χ4n) is 3.79. The highest BCUT2D eigenvalue weighted by atomic mass is 32.2. The lowest BCUT2D eigenvalue weighted by atomic mass is 9.96. The molecule has 10 heteroatoms. The maximum atomic E-state index is 13.3. The van der Waals surface area contributed by atoms with Crippen molar-refractivity contribution in [3.05, 3.63) is 77.7 Å². The third-order valence-corrected chi connectivity index (χ3v) is 5.76. The average Bonchev–Trinajstić information content (AvgIpc) is 3.47. The van der Waals surface area contributed by atoms with E-state index in [0.29, 0.717) is 40.4 Å². The van der Waals surface area contributed by atoms with Gasteiger partial charge in [-0.25, -0.2) is 13.4 Å². The van der Waals surface area contributed by atoms with Crippen LogP contribution in [0.4, 0.5) is 5.69 Å². The molecular formula is C23H23N3O6S. The summed E-state index contributed by atoms with van der Waals surface area (Å²) in [5.41, 5.74) is 2.36. The molecule has 1 amide bonds. The van der Waals surface area contributed by atoms with Crippen molar-refractivity contribution in [2.75, 3.05) is 25.2 Å². The van der Waals surface area contributed by atoms with E-state index >= 15 is 0 Å². The van der Waals surface area contributed by atoms with Crippen LogP contribution in [0.5, 0.6) is 11.5 Å². The Hall–Kier alpha value is -3.79. The molecular weight excluding hydrogens is 446 g/mol. The summed E-state index contributed by atoms with van der Waals surface area (Å²) in [6, 6.07) is 14.9. The third-order valence-electron chi connectivity index (χ3n) is 5.15. The van der Waals surface area contributed by atoms with Gasteiger partial charge in [0, 0.05) is 12.1 Å². The van der Waals surface area contributed by atoms with Crippen LogP contribution in [0, 0.1) is 0 Å². The zero-order valence-corrected chi connectivity index (χ0v) is 19.1. The van der Waals surface area contributed by atoms with Gasteiger partial charge in [-0.1, -0.05) is 18.2 Å². The first-order valence-corrected chi connectivity index (χ1v) is 11.9. The number of nitrogens with one attached hydrogen (secondary N) is 1. The number of carbonyl (C=O) groups is 1. The number of hydrazone groups is 1. The standard InChI is InChI=1S/C23H23N3O6S/c1-30-19-9-5-10-20(31-2)22(19)18-14-17(24-26(18)23(27)21-11-6-12-32-21)15-7-4-8-16(13-15)25-33(3,28)29/h4-13,18,25H,14H2,1-3H3/t18-/m1/s1. The molecule has 0 saturated carbocycles. The van der Waals surface area contributed by atoms with Crippen molar-refractivity contribution in [1.29, 1.82) is 0 Å². The van der Waals surface area contributed by atoms with E-state index in [1.807, 2.05) is 6.07 Å². The minimum absolute atomic E-state index is 0.145. The van der Waals surface area contributed by atoms with Crippen LogP contribution in [0.3, 0.4) is 0 Å². The van der Waals surface area contributed by atoms with E-state index < -0.39 is 22.0 Å². The molecule has 2 heterocycles. The summed E-state index contributed by atoms with van der Waals surface area (Å²) < 4.78 is 42.2. The van der Waals surface area contributed by atoms with E-state index in [1.165, 1.54) is 11.3 Å². The molecule has 33 heavy (non-hydrogen) atoms. The summed E-state index contributed by atoms with van der Waals surface area (Å²) >= 11 is 0. The predicted molar refractivity (Wildman–Crippen MR) is 123 cm³/mol. The topological polar surface area (TPSA) is 110 Å². The first kappa shape index (κ1) is 22.4. The number of rotatable bonds is 7. The molecule has 0 fully saturated rings. The molecule has 2 aromatic carbocycles. The summed E-state index contributed by atoms with van der Waals surface area (Å²) in [6.45, 7) is 0. The number of benzene rings is 2. The third kappa shape index (κ3) is 4.70. The SMILES string of the molecule is COc1cccc(OC)c1[C@H]1CC(c2cccc(NS(C)(=O)=O)c2)=NN1C(=O)c1ccco1. The molecule has 0 saturated heterocycles. The highest BCUT2D eigenvalue weighted by Crippen LogP contribution is 2.43. The van der Waals surface area contributed by atoms with Gasteiger partial charge in [0.25, 0.3) is 0 Å². The van der Waals surface area contributed by atoms with Crippen molar-refractivity contribution in [1.82, 2.24) is 5.01 Å². The molecule has 0 aliphatic carbocycles. The lowest BCUT2D eigenvalue weighted by Gasteiger charge is -2.24. The Morgan fingerprint density at radius 1 is 1.09 bits per heavy atom. The molecule has 3 aromatic rings. The van der Waals surface area contributed by atoms with Crippen LogP contribution in [0.1, 0.15) is 34.1 Å². The zero-order chi connectivity index (χ0) is 23.6. The van der Waals surface area contributed by atoms with Gasteiger partial charge >= 0.3 is 5.91 Å². The van der Waals surface area contributed by atoms with Crippen molar-refractivity contribution in [3.8, 4) is 11.5 Å². The number of nitrogens with zero attached hydrogens (tertiary/aromatic N) is 2. The van der Waals surface area contributed by atoms with Crippen LogP contribution < -0.4 is 14.2 Å². The minimum Gasteiger partial charge on any atom is -0.496 e. The Kier molecular flexibility index (Phi) is 6.10. The molecule has 4 rings (SSSR count). The van der Waals surface area contributed by atoms with Crippen molar-refractivity contribution in [2.45, 2.75) is 12.5 Å². The van der Waals surface area contributed by atoms with Crippen molar-refractivity contribution in [3.63, 3.8) is 0 Å². The van der Waals surface area contributed by atoms with E-state index in [4.69, 9.17) is 13.9 Å². The number of ether oxygens (including phenoxy) is 2. The fourth-order valence-corrected chi connectivity index (χ4v) is 4.35. The van der Waals surface area contributed by atoms with Gasteiger partial charge < -0.3 is 13.9 Å². The van der Waals surface area contributed by atoms with Crippen LogP contribution in [0.15, 0.2) is 70.4 Å². The molecule has 0 spiro atoms. The largest absolute Gasteiger partial charge is 0.496 e. The Morgan fingerprint density at radius 3 is 2.39 bits per heavy atom. The maximum Gasteiger partial charge on any atom is 0.310 e. The van der Waals surface area contributed by atoms with Crippen LogP contribution in [0.2, 0.25) is 0 Å². The molecule has 1 aromatic heterocycles. The van der Waals surface area contributed by atoms with Gasteiger partial charge in [0.1, 0.15) is 11.5 Å². The summed E-state index contributed by atoms with van der Waals surface area (Å²) in [5, 5.41) is 5.96. The van der Waals surface area contributed by atoms with Gasteiger partial charge in [-0.15, -0.1) is 0 Å². The van der Waals surface area contributed by atoms with Crippen LogP contribution in [0.25, 0.3) is 0 Å². The van der Waals surface area contributed by atoms with Crippen molar-refractivity contribution >= 4 is 27.3 Å². The predicted octanol–water partition coefficient (Wildman–Crippen LogP) is 3.66. The number of hydrogen-bond donors (Lipinski definition) is 1.